The van der Waals surface area contributed by atoms with E-state index in [0.29, 0.717) is 5.75 Å². The van der Waals surface area contributed by atoms with E-state index >= 15 is 0 Å². The van der Waals surface area contributed by atoms with Gasteiger partial charge < -0.3 is 4.74 Å². The molecule has 1 aromatic rings. The minimum Gasteiger partial charge on any atom is -0.491 e. The third kappa shape index (κ3) is 2.46. The maximum absolute atomic E-state index is 10.9. The highest BCUT2D eigenvalue weighted by atomic mass is 16.5. The van der Waals surface area contributed by atoms with E-state index in [2.05, 4.69) is 0 Å². The molecule has 0 aromatic heterocycles. The minimum atomic E-state index is -0.00389. The lowest BCUT2D eigenvalue weighted by Crippen LogP contribution is -2.09. The third-order valence-corrected chi connectivity index (χ3v) is 1.72. The molecule has 2 nitrogen and oxygen atoms in total. The van der Waals surface area contributed by atoms with Crippen molar-refractivity contribution < 1.29 is 9.84 Å². The second-order valence-electron chi connectivity index (χ2n) is 2.81. The summed E-state index contributed by atoms with van der Waals surface area (Å²) in [4.78, 5) is 0. The molecule has 0 spiro atoms. The molecule has 0 amide bonds. The number of ether oxygens (including phenoxy) is 1. The maximum atomic E-state index is 10.9. The molecule has 0 saturated heterocycles. The van der Waals surface area contributed by atoms with Crippen molar-refractivity contribution in [2.75, 3.05) is 0 Å². The van der Waals surface area contributed by atoms with Gasteiger partial charge in [-0.25, -0.2) is 0 Å². The average molecular weight is 165 g/mol. The molecule has 0 N–H and O–H groups in total. The van der Waals surface area contributed by atoms with Crippen LogP contribution in [0.15, 0.2) is 24.3 Å². The van der Waals surface area contributed by atoms with Gasteiger partial charge in [0.05, 0.1) is 6.10 Å². The largest absolute Gasteiger partial charge is 0.491 e. The van der Waals surface area contributed by atoms with Crippen LogP contribution in [0.2, 0.25) is 0 Å². The summed E-state index contributed by atoms with van der Waals surface area (Å²) in [5, 5.41) is 10.9. The minimum absolute atomic E-state index is 0.00389. The lowest BCUT2D eigenvalue weighted by atomic mass is 10.3. The highest BCUT2D eigenvalue weighted by Crippen LogP contribution is 2.19. The Morgan fingerprint density at radius 1 is 1.50 bits per heavy atom. The van der Waals surface area contributed by atoms with Gasteiger partial charge in [0.25, 0.3) is 0 Å². The van der Waals surface area contributed by atoms with Crippen LogP contribution < -0.4 is 4.74 Å². The Balaban J connectivity index is 2.63. The van der Waals surface area contributed by atoms with Crippen LogP contribution in [0.3, 0.4) is 0 Å². The molecule has 0 bridgehead atoms. The molecule has 2 heteroatoms. The van der Waals surface area contributed by atoms with Crippen LogP contribution in [0.4, 0.5) is 0 Å². The summed E-state index contributed by atoms with van der Waals surface area (Å²) < 4.78 is 5.44. The molecular weight excluding hydrogens is 152 g/mol. The van der Waals surface area contributed by atoms with Gasteiger partial charge in [-0.05, 0) is 25.5 Å². The van der Waals surface area contributed by atoms with Crippen LogP contribution >= 0.6 is 0 Å². The van der Waals surface area contributed by atoms with Gasteiger partial charge in [-0.15, -0.1) is 0 Å². The average Bonchev–Trinajstić information content (AvgIpc) is 2.04. The molecular formula is C10H13O2. The topological polar surface area (TPSA) is 29.1 Å². The van der Waals surface area contributed by atoms with Crippen LogP contribution in [0.5, 0.6) is 11.5 Å². The lowest BCUT2D eigenvalue weighted by Gasteiger charge is -2.11. The van der Waals surface area contributed by atoms with Crippen LogP contribution in [-0.4, -0.2) is 6.10 Å². The summed E-state index contributed by atoms with van der Waals surface area (Å²) in [5.74, 6) is 0.660. The van der Waals surface area contributed by atoms with E-state index < -0.39 is 0 Å². The molecule has 1 radical (unpaired) electrons. The van der Waals surface area contributed by atoms with E-state index in [9.17, 15) is 5.11 Å². The van der Waals surface area contributed by atoms with Gasteiger partial charge in [0.2, 0.25) is 0 Å². The Morgan fingerprint density at radius 2 is 2.25 bits per heavy atom. The van der Waals surface area contributed by atoms with Crippen LogP contribution in [0.1, 0.15) is 20.3 Å². The van der Waals surface area contributed by atoms with E-state index in [-0.39, 0.29) is 11.9 Å². The Labute approximate surface area is 72.8 Å². The first-order chi connectivity index (χ1) is 5.72. The molecule has 0 aliphatic carbocycles. The molecule has 65 valence electrons. The fraction of sp³-hybridized carbons (Fsp3) is 0.400. The highest BCUT2D eigenvalue weighted by molar-refractivity contribution is 5.31. The van der Waals surface area contributed by atoms with Gasteiger partial charge in [0, 0.05) is 6.07 Å². The first-order valence-electron chi connectivity index (χ1n) is 4.16. The van der Waals surface area contributed by atoms with E-state index in [1.165, 1.54) is 12.1 Å². The molecule has 0 heterocycles. The molecule has 1 aromatic carbocycles. The Morgan fingerprint density at radius 3 is 2.83 bits per heavy atom. The Kier molecular flexibility index (Phi) is 2.97. The zero-order chi connectivity index (χ0) is 8.97. The summed E-state index contributed by atoms with van der Waals surface area (Å²) in [6, 6.07) is 6.53. The molecule has 0 fully saturated rings. The molecule has 0 saturated carbocycles. The van der Waals surface area contributed by atoms with Gasteiger partial charge >= 0.3 is 0 Å². The Bertz CT molecular complexity index is 245. The second-order valence-corrected chi connectivity index (χ2v) is 2.81. The lowest BCUT2D eigenvalue weighted by molar-refractivity contribution is 0.216. The van der Waals surface area contributed by atoms with E-state index in [4.69, 9.17) is 4.74 Å². The van der Waals surface area contributed by atoms with E-state index in [1.54, 1.807) is 12.1 Å². The normalized spacial score (nSPS) is 12.5. The Hall–Kier alpha value is -1.18. The first-order valence-corrected chi connectivity index (χ1v) is 4.16. The molecule has 12 heavy (non-hydrogen) atoms. The smallest absolute Gasteiger partial charge is 0.182 e. The predicted molar refractivity (Wildman–Crippen MR) is 47.0 cm³/mol. The van der Waals surface area contributed by atoms with Crippen LogP contribution in [0, 0.1) is 0 Å². The summed E-state index contributed by atoms with van der Waals surface area (Å²) in [6.45, 7) is 4.03. The quantitative estimate of drug-likeness (QED) is 0.676. The first kappa shape index (κ1) is 8.91. The summed E-state index contributed by atoms with van der Waals surface area (Å²) in [6.07, 6.45) is 1.12. The SMILES string of the molecule is CC[C@H](C)Oc1cccc([O])c1. The number of hydrogen-bond acceptors (Lipinski definition) is 1. The van der Waals surface area contributed by atoms with Crippen molar-refractivity contribution in [3.63, 3.8) is 0 Å². The fourth-order valence-corrected chi connectivity index (χ4v) is 0.863. The summed E-state index contributed by atoms with van der Waals surface area (Å²) in [5.41, 5.74) is 0. The number of rotatable bonds is 3. The van der Waals surface area contributed by atoms with Crippen LogP contribution in [0.25, 0.3) is 0 Å². The molecule has 0 aliphatic heterocycles. The van der Waals surface area contributed by atoms with Crippen LogP contribution in [-0.2, 0) is 5.11 Å². The van der Waals surface area contributed by atoms with Gasteiger partial charge in [-0.2, -0.15) is 0 Å². The highest BCUT2D eigenvalue weighted by Gasteiger charge is 2.01. The second kappa shape index (κ2) is 4.00. The van der Waals surface area contributed by atoms with Gasteiger partial charge in [0.1, 0.15) is 5.75 Å². The van der Waals surface area contributed by atoms with Crippen molar-refractivity contribution >= 4 is 0 Å². The van der Waals surface area contributed by atoms with Gasteiger partial charge in [-0.3, -0.25) is 5.11 Å². The molecule has 0 unspecified atom stereocenters. The maximum Gasteiger partial charge on any atom is 0.182 e. The summed E-state index contributed by atoms with van der Waals surface area (Å²) >= 11 is 0. The monoisotopic (exact) mass is 165 g/mol. The van der Waals surface area contributed by atoms with Crippen molar-refractivity contribution in [2.24, 2.45) is 0 Å². The third-order valence-electron chi connectivity index (χ3n) is 1.72. The zero-order valence-corrected chi connectivity index (χ0v) is 7.41. The van der Waals surface area contributed by atoms with Crippen molar-refractivity contribution in [1.29, 1.82) is 0 Å². The van der Waals surface area contributed by atoms with Crippen molar-refractivity contribution in [3.8, 4) is 11.5 Å². The fourth-order valence-electron chi connectivity index (χ4n) is 0.863. The predicted octanol–water partition coefficient (Wildman–Crippen LogP) is 3.01. The number of benzene rings is 1. The van der Waals surface area contributed by atoms with E-state index in [1.807, 2.05) is 13.8 Å². The van der Waals surface area contributed by atoms with Crippen molar-refractivity contribution in [3.05, 3.63) is 24.3 Å². The molecule has 1 rings (SSSR count). The zero-order valence-electron chi connectivity index (χ0n) is 7.41. The van der Waals surface area contributed by atoms with Crippen molar-refractivity contribution in [1.82, 2.24) is 0 Å². The van der Waals surface area contributed by atoms with E-state index in [0.717, 1.165) is 6.42 Å². The van der Waals surface area contributed by atoms with Gasteiger partial charge in [-0.1, -0.05) is 13.0 Å². The van der Waals surface area contributed by atoms with Gasteiger partial charge in [0.15, 0.2) is 5.75 Å². The molecule has 0 aliphatic rings. The standard InChI is InChI=1S/C10H13O2/c1-3-8(2)12-10-6-4-5-9(11)7-10/h4-8H,3H2,1-2H3/t8-/m0/s1. The number of hydrogen-bond donors (Lipinski definition) is 0. The molecule has 1 atom stereocenters. The van der Waals surface area contributed by atoms with Crippen molar-refractivity contribution in [2.45, 2.75) is 26.4 Å². The summed E-state index contributed by atoms with van der Waals surface area (Å²) in [7, 11) is 0.